The molecule has 1 saturated heterocycles. The molecule has 8 nitrogen and oxygen atoms in total. The van der Waals surface area contributed by atoms with Crippen molar-refractivity contribution < 1.29 is 28.6 Å². The number of hydrogen-bond donors (Lipinski definition) is 1. The average Bonchev–Trinajstić information content (AvgIpc) is 3.11. The fourth-order valence-electron chi connectivity index (χ4n) is 3.31. The van der Waals surface area contributed by atoms with Crippen LogP contribution in [0.25, 0.3) is 6.08 Å². The van der Waals surface area contributed by atoms with Gasteiger partial charge in [0.15, 0.2) is 11.5 Å². The topological polar surface area (TPSA) is 94.2 Å². The first-order valence-corrected chi connectivity index (χ1v) is 12.1. The van der Waals surface area contributed by atoms with E-state index >= 15 is 0 Å². The van der Waals surface area contributed by atoms with E-state index in [9.17, 15) is 14.4 Å². The maximum atomic E-state index is 12.9. The monoisotopic (exact) mass is 514 g/mol. The first kappa shape index (κ1) is 26.2. The van der Waals surface area contributed by atoms with Crippen molar-refractivity contribution in [2.24, 2.45) is 0 Å². The summed E-state index contributed by atoms with van der Waals surface area (Å²) in [4.78, 5) is 38.9. The Labute approximate surface area is 213 Å². The van der Waals surface area contributed by atoms with E-state index in [-0.39, 0.29) is 18.2 Å². The first-order chi connectivity index (χ1) is 16.9. The van der Waals surface area contributed by atoms with Crippen LogP contribution in [0, 0.1) is 0 Å². The smallest absolute Gasteiger partial charge is 0.338 e. The minimum absolute atomic E-state index is 0.190. The molecule has 0 aliphatic carbocycles. The van der Waals surface area contributed by atoms with E-state index in [2.05, 4.69) is 5.32 Å². The van der Waals surface area contributed by atoms with Crippen LogP contribution in [-0.4, -0.2) is 54.4 Å². The summed E-state index contributed by atoms with van der Waals surface area (Å²) < 4.78 is 16.0. The number of nitrogens with zero attached hydrogens (tertiary/aromatic N) is 1. The van der Waals surface area contributed by atoms with Crippen LogP contribution < -0.4 is 14.8 Å². The van der Waals surface area contributed by atoms with Crippen LogP contribution in [0.15, 0.2) is 47.4 Å². The van der Waals surface area contributed by atoms with E-state index < -0.39 is 5.97 Å². The van der Waals surface area contributed by atoms with Gasteiger partial charge in [0.2, 0.25) is 5.91 Å². The number of esters is 1. The molecule has 2 aromatic rings. The van der Waals surface area contributed by atoms with Crippen LogP contribution in [0.4, 0.5) is 5.69 Å². The highest BCUT2D eigenvalue weighted by atomic mass is 32.2. The van der Waals surface area contributed by atoms with Gasteiger partial charge in [0, 0.05) is 18.7 Å². The average molecular weight is 515 g/mol. The molecule has 35 heavy (non-hydrogen) atoms. The predicted octanol–water partition coefficient (Wildman–Crippen LogP) is 4.50. The Morgan fingerprint density at radius 1 is 1.09 bits per heavy atom. The Bertz CT molecular complexity index is 1150. The van der Waals surface area contributed by atoms with Gasteiger partial charge in [0.1, 0.15) is 4.32 Å². The Balaban J connectivity index is 1.52. The van der Waals surface area contributed by atoms with Crippen molar-refractivity contribution in [2.75, 3.05) is 32.7 Å². The van der Waals surface area contributed by atoms with E-state index in [0.717, 1.165) is 5.56 Å². The number of thiocarbonyl (C=S) groups is 1. The fraction of sp³-hybridized carbons (Fsp3) is 0.280. The Hall–Kier alpha value is -3.37. The molecule has 0 saturated carbocycles. The molecule has 0 bridgehead atoms. The number of benzene rings is 2. The maximum Gasteiger partial charge on any atom is 0.338 e. The SMILES string of the molecule is CCOC(=O)c1ccc(NC(=O)CCCN2C(=O)/C(=C/c3ccc(OC)c(OC)c3)SC2=S)cc1. The molecule has 2 aromatic carbocycles. The standard InChI is InChI=1S/C25H26N2O6S2/c1-4-33-24(30)17-8-10-18(11-9-17)26-22(28)6-5-13-27-23(29)21(35-25(27)34)15-16-7-12-19(31-2)20(14-16)32-3/h7-12,14-15H,4-6,13H2,1-3H3,(H,26,28)/b21-15-. The summed E-state index contributed by atoms with van der Waals surface area (Å²) in [5.74, 6) is 0.377. The summed E-state index contributed by atoms with van der Waals surface area (Å²) >= 11 is 6.61. The number of carbonyl (C=O) groups is 3. The summed E-state index contributed by atoms with van der Waals surface area (Å²) in [6.45, 7) is 2.37. The molecule has 10 heteroatoms. The van der Waals surface area contributed by atoms with E-state index in [4.69, 9.17) is 26.4 Å². The second-order valence-corrected chi connectivity index (χ2v) is 9.07. The van der Waals surface area contributed by atoms with Crippen molar-refractivity contribution in [3.63, 3.8) is 0 Å². The molecule has 1 heterocycles. The van der Waals surface area contributed by atoms with E-state index in [1.807, 2.05) is 6.07 Å². The lowest BCUT2D eigenvalue weighted by atomic mass is 10.2. The van der Waals surface area contributed by atoms with Crippen LogP contribution >= 0.6 is 24.0 Å². The molecule has 3 rings (SSSR count). The normalized spacial score (nSPS) is 14.3. The van der Waals surface area contributed by atoms with Gasteiger partial charge in [-0.05, 0) is 61.4 Å². The number of rotatable bonds is 10. The van der Waals surface area contributed by atoms with Crippen molar-refractivity contribution in [3.05, 3.63) is 58.5 Å². The van der Waals surface area contributed by atoms with Gasteiger partial charge in [0.05, 0.1) is 31.3 Å². The molecule has 1 aliphatic rings. The number of anilines is 1. The Morgan fingerprint density at radius 3 is 2.46 bits per heavy atom. The quantitative estimate of drug-likeness (QED) is 0.281. The second-order valence-electron chi connectivity index (χ2n) is 7.40. The molecule has 1 N–H and O–H groups in total. The van der Waals surface area contributed by atoms with Crippen molar-refractivity contribution in [1.82, 2.24) is 4.90 Å². The molecule has 0 spiro atoms. The third-order valence-corrected chi connectivity index (χ3v) is 6.42. The molecule has 0 aromatic heterocycles. The van der Waals surface area contributed by atoms with E-state index in [1.54, 1.807) is 63.6 Å². The lowest BCUT2D eigenvalue weighted by molar-refractivity contribution is -0.122. The van der Waals surface area contributed by atoms with Crippen molar-refractivity contribution in [3.8, 4) is 11.5 Å². The van der Waals surface area contributed by atoms with Gasteiger partial charge in [-0.3, -0.25) is 14.5 Å². The number of nitrogens with one attached hydrogen (secondary N) is 1. The largest absolute Gasteiger partial charge is 0.493 e. The van der Waals surface area contributed by atoms with Gasteiger partial charge in [-0.2, -0.15) is 0 Å². The number of ether oxygens (including phenoxy) is 3. The summed E-state index contributed by atoms with van der Waals surface area (Å²) in [5, 5.41) is 2.78. The number of hydrogen-bond acceptors (Lipinski definition) is 8. The minimum Gasteiger partial charge on any atom is -0.493 e. The summed E-state index contributed by atoms with van der Waals surface area (Å²) in [7, 11) is 3.11. The molecule has 1 fully saturated rings. The zero-order chi connectivity index (χ0) is 25.4. The molecule has 0 radical (unpaired) electrons. The molecule has 1 aliphatic heterocycles. The lowest BCUT2D eigenvalue weighted by Gasteiger charge is -2.14. The predicted molar refractivity (Wildman–Crippen MR) is 140 cm³/mol. The third kappa shape index (κ3) is 6.83. The second kappa shape index (κ2) is 12.4. The van der Waals surface area contributed by atoms with E-state index in [0.29, 0.717) is 51.5 Å². The number of thioether (sulfide) groups is 1. The highest BCUT2D eigenvalue weighted by molar-refractivity contribution is 8.26. The first-order valence-electron chi connectivity index (χ1n) is 10.9. The molecular formula is C25H26N2O6S2. The zero-order valence-electron chi connectivity index (χ0n) is 19.7. The van der Waals surface area contributed by atoms with Crippen molar-refractivity contribution >= 4 is 57.8 Å². The lowest BCUT2D eigenvalue weighted by Crippen LogP contribution is -2.29. The molecule has 0 unspecified atom stereocenters. The van der Waals surface area contributed by atoms with Gasteiger partial charge in [-0.25, -0.2) is 4.79 Å². The number of amides is 2. The summed E-state index contributed by atoms with van der Waals surface area (Å²) in [5.41, 5.74) is 1.78. The summed E-state index contributed by atoms with van der Waals surface area (Å²) in [6, 6.07) is 11.9. The van der Waals surface area contributed by atoms with Crippen LogP contribution in [0.1, 0.15) is 35.7 Å². The van der Waals surface area contributed by atoms with Crippen LogP contribution in [-0.2, 0) is 14.3 Å². The van der Waals surface area contributed by atoms with Gasteiger partial charge in [0.25, 0.3) is 5.91 Å². The minimum atomic E-state index is -0.408. The Kier molecular flexibility index (Phi) is 9.27. The Morgan fingerprint density at radius 2 is 1.80 bits per heavy atom. The maximum absolute atomic E-state index is 12.9. The highest BCUT2D eigenvalue weighted by Crippen LogP contribution is 2.34. The van der Waals surface area contributed by atoms with E-state index in [1.165, 1.54) is 16.7 Å². The molecule has 184 valence electrons. The molecular weight excluding hydrogens is 488 g/mol. The zero-order valence-corrected chi connectivity index (χ0v) is 21.3. The molecule has 2 amide bonds. The van der Waals surface area contributed by atoms with Gasteiger partial charge >= 0.3 is 5.97 Å². The van der Waals surface area contributed by atoms with Gasteiger partial charge < -0.3 is 19.5 Å². The third-order valence-electron chi connectivity index (χ3n) is 5.04. The van der Waals surface area contributed by atoms with Crippen LogP contribution in [0.2, 0.25) is 0 Å². The summed E-state index contributed by atoms with van der Waals surface area (Å²) in [6.07, 6.45) is 2.42. The van der Waals surface area contributed by atoms with Crippen molar-refractivity contribution in [2.45, 2.75) is 19.8 Å². The van der Waals surface area contributed by atoms with Crippen molar-refractivity contribution in [1.29, 1.82) is 0 Å². The van der Waals surface area contributed by atoms with Crippen LogP contribution in [0.5, 0.6) is 11.5 Å². The molecule has 0 atom stereocenters. The number of carbonyl (C=O) groups excluding carboxylic acids is 3. The number of methoxy groups -OCH3 is 2. The van der Waals surface area contributed by atoms with Gasteiger partial charge in [-0.15, -0.1) is 0 Å². The van der Waals surface area contributed by atoms with Gasteiger partial charge in [-0.1, -0.05) is 30.0 Å². The highest BCUT2D eigenvalue weighted by Gasteiger charge is 2.31. The van der Waals surface area contributed by atoms with Crippen LogP contribution in [0.3, 0.4) is 0 Å². The fourth-order valence-corrected chi connectivity index (χ4v) is 4.62.